The van der Waals surface area contributed by atoms with Crippen molar-refractivity contribution >= 4 is 5.69 Å². The Balaban J connectivity index is 1.75. The number of benzene rings is 1. The Morgan fingerprint density at radius 1 is 1.12 bits per heavy atom. The summed E-state index contributed by atoms with van der Waals surface area (Å²) in [5.41, 5.74) is 3.83. The van der Waals surface area contributed by atoms with Crippen LogP contribution in [0.25, 0.3) is 0 Å². The molecule has 1 aromatic rings. The van der Waals surface area contributed by atoms with Crippen LogP contribution in [0.5, 0.6) is 0 Å². The highest BCUT2D eigenvalue weighted by atomic mass is 15.3. The molecule has 2 nitrogen and oxygen atoms in total. The molecule has 1 saturated carbocycles. The van der Waals surface area contributed by atoms with Crippen LogP contribution < -0.4 is 10.2 Å². The number of anilines is 1. The maximum absolute atomic E-state index is 4.39. The molecule has 3 rings (SSSR count). The molecule has 0 heterocycles. The number of rotatable bonds is 6. The number of nitrogens with one attached hydrogen (secondary N) is 1. The molecule has 0 amide bonds. The highest BCUT2D eigenvalue weighted by molar-refractivity contribution is 5.58. The minimum atomic E-state index is 0.799. The number of nitrogens with zero attached hydrogens (tertiary/aromatic N) is 1. The van der Waals surface area contributed by atoms with Gasteiger partial charge in [0, 0.05) is 17.9 Å². The molecule has 1 N–H and O–H groups in total. The Hall–Kier alpha value is -1.96. The van der Waals surface area contributed by atoms with E-state index in [9.17, 15) is 0 Å². The van der Waals surface area contributed by atoms with Crippen molar-refractivity contribution in [2.75, 3.05) is 11.4 Å². The first-order chi connectivity index (χ1) is 12.2. The van der Waals surface area contributed by atoms with Gasteiger partial charge < -0.3 is 10.2 Å². The van der Waals surface area contributed by atoms with Crippen LogP contribution in [0.2, 0.25) is 0 Å². The van der Waals surface area contributed by atoms with E-state index in [-0.39, 0.29) is 0 Å². The first-order valence-corrected chi connectivity index (χ1v) is 9.89. The molecule has 2 aliphatic carbocycles. The van der Waals surface area contributed by atoms with Crippen molar-refractivity contribution in [3.63, 3.8) is 0 Å². The van der Waals surface area contributed by atoms with E-state index >= 15 is 0 Å². The number of hydrogen-bond donors (Lipinski definition) is 1. The van der Waals surface area contributed by atoms with Crippen LogP contribution in [0.3, 0.4) is 0 Å². The van der Waals surface area contributed by atoms with Crippen molar-refractivity contribution in [1.29, 1.82) is 0 Å². The van der Waals surface area contributed by atoms with E-state index in [1.54, 1.807) is 0 Å². The number of hydrogen-bond acceptors (Lipinski definition) is 2. The highest BCUT2D eigenvalue weighted by Crippen LogP contribution is 2.28. The molecule has 0 saturated heterocycles. The van der Waals surface area contributed by atoms with Crippen LogP contribution in [-0.2, 0) is 0 Å². The molecule has 2 aliphatic rings. The zero-order valence-electron chi connectivity index (χ0n) is 15.6. The Morgan fingerprint density at radius 2 is 1.88 bits per heavy atom. The molecule has 0 unspecified atom stereocenters. The average Bonchev–Trinajstić information content (AvgIpc) is 2.92. The first-order valence-electron chi connectivity index (χ1n) is 9.89. The normalized spacial score (nSPS) is 18.4. The van der Waals surface area contributed by atoms with Gasteiger partial charge in [-0.05, 0) is 63.2 Å². The minimum Gasteiger partial charge on any atom is -0.371 e. The van der Waals surface area contributed by atoms with Crippen molar-refractivity contribution in [2.45, 2.75) is 58.3 Å². The van der Waals surface area contributed by atoms with Crippen molar-refractivity contribution in [1.82, 2.24) is 5.32 Å². The lowest BCUT2D eigenvalue weighted by molar-refractivity contribution is 0.350. The van der Waals surface area contributed by atoms with E-state index < -0.39 is 0 Å². The van der Waals surface area contributed by atoms with E-state index in [1.807, 2.05) is 0 Å². The molecule has 0 spiro atoms. The van der Waals surface area contributed by atoms with Crippen molar-refractivity contribution in [3.8, 4) is 0 Å². The molecule has 25 heavy (non-hydrogen) atoms. The molecular formula is C23H32N2. The largest absolute Gasteiger partial charge is 0.371 e. The zero-order valence-corrected chi connectivity index (χ0v) is 15.6. The smallest absolute Gasteiger partial charge is 0.103 e. The van der Waals surface area contributed by atoms with Crippen molar-refractivity contribution < 1.29 is 0 Å². The molecule has 0 radical (unpaired) electrons. The van der Waals surface area contributed by atoms with Crippen LogP contribution in [0.4, 0.5) is 5.69 Å². The molecule has 1 aromatic carbocycles. The van der Waals surface area contributed by atoms with E-state index in [1.165, 1.54) is 55.5 Å². The van der Waals surface area contributed by atoms with Crippen LogP contribution in [0.15, 0.2) is 60.6 Å². The van der Waals surface area contributed by atoms with Crippen LogP contribution >= 0.6 is 0 Å². The quantitative estimate of drug-likeness (QED) is 0.678. The zero-order chi connectivity index (χ0) is 17.5. The second-order valence-corrected chi connectivity index (χ2v) is 7.48. The van der Waals surface area contributed by atoms with Crippen LogP contribution in [-0.4, -0.2) is 6.54 Å². The Bertz CT molecular complexity index is 618. The second-order valence-electron chi connectivity index (χ2n) is 7.48. The van der Waals surface area contributed by atoms with Gasteiger partial charge in [-0.15, -0.1) is 0 Å². The summed E-state index contributed by atoms with van der Waals surface area (Å²) < 4.78 is 0. The summed E-state index contributed by atoms with van der Waals surface area (Å²) in [6, 6.07) is 8.78. The van der Waals surface area contributed by atoms with Gasteiger partial charge in [-0.25, -0.2) is 0 Å². The molecule has 134 valence electrons. The third kappa shape index (κ3) is 5.01. The fraction of sp³-hybridized carbons (Fsp3) is 0.478. The summed E-state index contributed by atoms with van der Waals surface area (Å²) >= 11 is 0. The maximum atomic E-state index is 4.39. The maximum Gasteiger partial charge on any atom is 0.103 e. The molecular weight excluding hydrogens is 304 g/mol. The van der Waals surface area contributed by atoms with E-state index in [2.05, 4.69) is 66.2 Å². The highest BCUT2D eigenvalue weighted by Gasteiger charge is 2.18. The monoisotopic (exact) mass is 336 g/mol. The van der Waals surface area contributed by atoms with Crippen LogP contribution in [0, 0.1) is 12.8 Å². The first kappa shape index (κ1) is 17.8. The number of aryl methyl sites for hydroxylation is 1. The van der Waals surface area contributed by atoms with Gasteiger partial charge in [-0.2, -0.15) is 0 Å². The molecule has 1 fully saturated rings. The third-order valence-corrected chi connectivity index (χ3v) is 5.40. The molecule has 0 atom stereocenters. The lowest BCUT2D eigenvalue weighted by Crippen LogP contribution is -2.34. The van der Waals surface area contributed by atoms with Crippen molar-refractivity contribution in [3.05, 3.63) is 66.2 Å². The van der Waals surface area contributed by atoms with E-state index in [4.69, 9.17) is 0 Å². The lowest BCUT2D eigenvalue weighted by Gasteiger charge is -2.31. The van der Waals surface area contributed by atoms with Gasteiger partial charge in [0.25, 0.3) is 0 Å². The second kappa shape index (κ2) is 8.94. The van der Waals surface area contributed by atoms with Gasteiger partial charge in [-0.3, -0.25) is 0 Å². The fourth-order valence-corrected chi connectivity index (χ4v) is 3.87. The Kier molecular flexibility index (Phi) is 6.38. The summed E-state index contributed by atoms with van der Waals surface area (Å²) in [5.74, 6) is 1.81. The topological polar surface area (TPSA) is 15.3 Å². The molecule has 2 heteroatoms. The van der Waals surface area contributed by atoms with Gasteiger partial charge in [0.2, 0.25) is 0 Å². The summed E-state index contributed by atoms with van der Waals surface area (Å²) in [5, 5.41) is 3.65. The molecule has 0 aromatic heterocycles. The summed E-state index contributed by atoms with van der Waals surface area (Å²) in [4.78, 5) is 2.32. The van der Waals surface area contributed by atoms with Crippen molar-refractivity contribution in [2.24, 2.45) is 5.92 Å². The van der Waals surface area contributed by atoms with Gasteiger partial charge in [0.1, 0.15) is 5.82 Å². The Morgan fingerprint density at radius 3 is 2.64 bits per heavy atom. The summed E-state index contributed by atoms with van der Waals surface area (Å²) in [6.07, 6.45) is 17.0. The molecule has 0 aliphatic heterocycles. The van der Waals surface area contributed by atoms with E-state index in [0.717, 1.165) is 31.1 Å². The standard InChI is InChI=1S/C23H32N2/c1-19-14-16-23(17-15-19)25(22-12-8-3-4-9-13-22)20(2)24-18-21-10-6-5-7-11-21/h3,8,12,14-17,21,24H,2,4-7,9-11,13,18H2,1H3. The summed E-state index contributed by atoms with van der Waals surface area (Å²) in [7, 11) is 0. The van der Waals surface area contributed by atoms with Gasteiger partial charge in [0.05, 0.1) is 0 Å². The Labute approximate surface area is 153 Å². The molecule has 0 bridgehead atoms. The van der Waals surface area contributed by atoms with E-state index in [0.29, 0.717) is 0 Å². The third-order valence-electron chi connectivity index (χ3n) is 5.40. The lowest BCUT2D eigenvalue weighted by atomic mass is 9.89. The minimum absolute atomic E-state index is 0.799. The summed E-state index contributed by atoms with van der Waals surface area (Å²) in [6.45, 7) is 7.58. The number of allylic oxidation sites excluding steroid dienone is 4. The van der Waals surface area contributed by atoms with Gasteiger partial charge >= 0.3 is 0 Å². The predicted octanol–water partition coefficient (Wildman–Crippen LogP) is 6.07. The fourth-order valence-electron chi connectivity index (χ4n) is 3.87. The van der Waals surface area contributed by atoms with Gasteiger partial charge in [-0.1, -0.05) is 55.7 Å². The van der Waals surface area contributed by atoms with Crippen LogP contribution in [0.1, 0.15) is 56.9 Å². The average molecular weight is 337 g/mol. The SMILES string of the molecule is C=C(NCC1CCCCC1)N(C1=CC=CCCC1)c1ccc(C)cc1. The van der Waals surface area contributed by atoms with Gasteiger partial charge in [0.15, 0.2) is 0 Å². The predicted molar refractivity (Wildman–Crippen MR) is 108 cm³/mol.